The van der Waals surface area contributed by atoms with Gasteiger partial charge in [0.1, 0.15) is 23.7 Å². The summed E-state index contributed by atoms with van der Waals surface area (Å²) in [6, 6.07) is 12.8. The molecule has 0 saturated heterocycles. The van der Waals surface area contributed by atoms with Crippen molar-refractivity contribution < 1.29 is 9.53 Å². The first-order valence-electron chi connectivity index (χ1n) is 7.88. The number of methoxy groups -OCH3 is 1. The molecule has 7 heteroatoms. The standard InChI is InChI=1S/C18H19N5O2/c1-25-15-6-4-5-14(11-15)18(24)20-8-7-19-16-12-17(22-13-21-16)23-9-2-3-10-23/h2-6,9-13H,7-8H2,1H3,(H,20,24)(H,19,21,22). The lowest BCUT2D eigenvalue weighted by Crippen LogP contribution is -2.28. The van der Waals surface area contributed by atoms with Crippen LogP contribution < -0.4 is 15.4 Å². The SMILES string of the molecule is COc1cccc(C(=O)NCCNc2cc(-n3cccc3)ncn2)c1. The highest BCUT2D eigenvalue weighted by molar-refractivity contribution is 5.94. The van der Waals surface area contributed by atoms with E-state index in [0.717, 1.165) is 5.82 Å². The first-order valence-corrected chi connectivity index (χ1v) is 7.88. The number of hydrogen-bond acceptors (Lipinski definition) is 5. The third-order valence-corrected chi connectivity index (χ3v) is 3.57. The third kappa shape index (κ3) is 4.35. The minimum Gasteiger partial charge on any atom is -0.497 e. The Balaban J connectivity index is 1.50. The van der Waals surface area contributed by atoms with Crippen LogP contribution in [-0.4, -0.2) is 40.6 Å². The summed E-state index contributed by atoms with van der Waals surface area (Å²) >= 11 is 0. The zero-order valence-corrected chi connectivity index (χ0v) is 13.8. The lowest BCUT2D eigenvalue weighted by Gasteiger charge is -2.09. The van der Waals surface area contributed by atoms with Crippen molar-refractivity contribution in [2.75, 3.05) is 25.5 Å². The number of aromatic nitrogens is 3. The summed E-state index contributed by atoms with van der Waals surface area (Å²) in [5, 5.41) is 6.03. The number of amides is 1. The maximum atomic E-state index is 12.1. The van der Waals surface area contributed by atoms with Crippen molar-refractivity contribution in [3.63, 3.8) is 0 Å². The number of ether oxygens (including phenoxy) is 1. The van der Waals surface area contributed by atoms with Crippen LogP contribution in [0.25, 0.3) is 5.82 Å². The van der Waals surface area contributed by atoms with Crippen molar-refractivity contribution in [3.05, 3.63) is 66.7 Å². The Bertz CT molecular complexity index is 833. The minimum atomic E-state index is -0.142. The predicted molar refractivity (Wildman–Crippen MR) is 95.2 cm³/mol. The van der Waals surface area contributed by atoms with Crippen LogP contribution >= 0.6 is 0 Å². The number of hydrogen-bond donors (Lipinski definition) is 2. The second-order valence-electron chi connectivity index (χ2n) is 5.27. The summed E-state index contributed by atoms with van der Waals surface area (Å²) in [6.45, 7) is 1.02. The molecule has 2 aromatic heterocycles. The number of benzene rings is 1. The van der Waals surface area contributed by atoms with Crippen LogP contribution in [0.3, 0.4) is 0 Å². The summed E-state index contributed by atoms with van der Waals surface area (Å²) in [5.41, 5.74) is 0.566. The van der Waals surface area contributed by atoms with Gasteiger partial charge >= 0.3 is 0 Å². The number of nitrogens with one attached hydrogen (secondary N) is 2. The lowest BCUT2D eigenvalue weighted by molar-refractivity contribution is 0.0955. The molecule has 3 aromatic rings. The highest BCUT2D eigenvalue weighted by atomic mass is 16.5. The van der Waals surface area contributed by atoms with E-state index in [1.165, 1.54) is 6.33 Å². The predicted octanol–water partition coefficient (Wildman–Crippen LogP) is 2.12. The van der Waals surface area contributed by atoms with E-state index in [4.69, 9.17) is 4.74 Å². The Kier molecular flexibility index (Phi) is 5.26. The van der Waals surface area contributed by atoms with Gasteiger partial charge in [-0.2, -0.15) is 0 Å². The van der Waals surface area contributed by atoms with Gasteiger partial charge in [0.15, 0.2) is 0 Å². The summed E-state index contributed by atoms with van der Waals surface area (Å²) < 4.78 is 7.02. The van der Waals surface area contributed by atoms with Crippen molar-refractivity contribution >= 4 is 11.7 Å². The van der Waals surface area contributed by atoms with E-state index in [-0.39, 0.29) is 5.91 Å². The average molecular weight is 337 g/mol. The first-order chi connectivity index (χ1) is 12.3. The fourth-order valence-electron chi connectivity index (χ4n) is 2.31. The molecule has 0 aliphatic carbocycles. The number of carbonyl (C=O) groups is 1. The number of carbonyl (C=O) groups excluding carboxylic acids is 1. The largest absolute Gasteiger partial charge is 0.497 e. The molecule has 0 aliphatic heterocycles. The first kappa shape index (κ1) is 16.5. The van der Waals surface area contributed by atoms with Crippen molar-refractivity contribution in [1.29, 1.82) is 0 Å². The Morgan fingerprint density at radius 3 is 2.76 bits per heavy atom. The molecule has 0 bridgehead atoms. The van der Waals surface area contributed by atoms with Gasteiger partial charge in [-0.3, -0.25) is 4.79 Å². The maximum Gasteiger partial charge on any atom is 0.251 e. The van der Waals surface area contributed by atoms with Crippen LogP contribution in [0, 0.1) is 0 Å². The van der Waals surface area contributed by atoms with Gasteiger partial charge in [-0.05, 0) is 30.3 Å². The molecule has 1 amide bonds. The van der Waals surface area contributed by atoms with E-state index in [1.54, 1.807) is 31.4 Å². The number of nitrogens with zero attached hydrogens (tertiary/aromatic N) is 3. The molecule has 1 aromatic carbocycles. The van der Waals surface area contributed by atoms with E-state index < -0.39 is 0 Å². The molecule has 128 valence electrons. The van der Waals surface area contributed by atoms with Crippen molar-refractivity contribution in [2.45, 2.75) is 0 Å². The van der Waals surface area contributed by atoms with E-state index in [2.05, 4.69) is 20.6 Å². The second-order valence-corrected chi connectivity index (χ2v) is 5.27. The molecule has 0 saturated carbocycles. The number of anilines is 1. The molecule has 2 heterocycles. The summed E-state index contributed by atoms with van der Waals surface area (Å²) in [4.78, 5) is 20.5. The van der Waals surface area contributed by atoms with E-state index in [9.17, 15) is 4.79 Å². The normalized spacial score (nSPS) is 10.3. The van der Waals surface area contributed by atoms with Crippen LogP contribution in [0.2, 0.25) is 0 Å². The summed E-state index contributed by atoms with van der Waals surface area (Å²) in [7, 11) is 1.57. The van der Waals surface area contributed by atoms with Gasteiger partial charge in [-0.15, -0.1) is 0 Å². The topological polar surface area (TPSA) is 81.1 Å². The molecule has 0 fully saturated rings. The van der Waals surface area contributed by atoms with Crippen molar-refractivity contribution in [3.8, 4) is 11.6 Å². The molecule has 0 aliphatic rings. The molecule has 0 unspecified atom stereocenters. The minimum absolute atomic E-state index is 0.142. The van der Waals surface area contributed by atoms with Crippen molar-refractivity contribution in [2.24, 2.45) is 0 Å². The zero-order valence-electron chi connectivity index (χ0n) is 13.8. The Morgan fingerprint density at radius 1 is 1.12 bits per heavy atom. The van der Waals surface area contributed by atoms with Crippen molar-refractivity contribution in [1.82, 2.24) is 19.9 Å². The zero-order chi connectivity index (χ0) is 17.5. The Labute approximate surface area is 145 Å². The monoisotopic (exact) mass is 337 g/mol. The highest BCUT2D eigenvalue weighted by Gasteiger charge is 2.06. The van der Waals surface area contributed by atoms with Gasteiger partial charge < -0.3 is 19.9 Å². The molecular weight excluding hydrogens is 318 g/mol. The molecule has 0 spiro atoms. The molecule has 3 rings (SSSR count). The van der Waals surface area contributed by atoms with Gasteiger partial charge in [0.05, 0.1) is 7.11 Å². The van der Waals surface area contributed by atoms with E-state index >= 15 is 0 Å². The lowest BCUT2D eigenvalue weighted by atomic mass is 10.2. The maximum absolute atomic E-state index is 12.1. The molecule has 0 atom stereocenters. The van der Waals surface area contributed by atoms with Crippen LogP contribution in [0.15, 0.2) is 61.2 Å². The highest BCUT2D eigenvalue weighted by Crippen LogP contribution is 2.12. The Morgan fingerprint density at radius 2 is 1.96 bits per heavy atom. The number of rotatable bonds is 7. The Hall–Kier alpha value is -3.35. The van der Waals surface area contributed by atoms with Gasteiger partial charge in [-0.25, -0.2) is 9.97 Å². The van der Waals surface area contributed by atoms with E-state index in [0.29, 0.717) is 30.2 Å². The van der Waals surface area contributed by atoms with Crippen LogP contribution in [-0.2, 0) is 0 Å². The molecular formula is C18H19N5O2. The molecule has 2 N–H and O–H groups in total. The fourth-order valence-corrected chi connectivity index (χ4v) is 2.31. The molecule has 25 heavy (non-hydrogen) atoms. The van der Waals surface area contributed by atoms with Gasteiger partial charge in [0, 0.05) is 37.1 Å². The average Bonchev–Trinajstić information content (AvgIpc) is 3.20. The van der Waals surface area contributed by atoms with Gasteiger partial charge in [0.25, 0.3) is 5.91 Å². The quantitative estimate of drug-likeness (QED) is 0.646. The van der Waals surface area contributed by atoms with Crippen LogP contribution in [0.5, 0.6) is 5.75 Å². The van der Waals surface area contributed by atoms with Crippen LogP contribution in [0.4, 0.5) is 5.82 Å². The molecule has 7 nitrogen and oxygen atoms in total. The van der Waals surface area contributed by atoms with E-state index in [1.807, 2.05) is 35.2 Å². The van der Waals surface area contributed by atoms with Gasteiger partial charge in [0.2, 0.25) is 0 Å². The smallest absolute Gasteiger partial charge is 0.251 e. The van der Waals surface area contributed by atoms with Crippen LogP contribution in [0.1, 0.15) is 10.4 Å². The second kappa shape index (κ2) is 7.96. The van der Waals surface area contributed by atoms with Gasteiger partial charge in [-0.1, -0.05) is 6.07 Å². The fraction of sp³-hybridized carbons (Fsp3) is 0.167. The molecule has 0 radical (unpaired) electrons. The summed E-state index contributed by atoms with van der Waals surface area (Å²) in [6.07, 6.45) is 5.34. The third-order valence-electron chi connectivity index (χ3n) is 3.57. The summed E-state index contributed by atoms with van der Waals surface area (Å²) in [5.74, 6) is 2.00.